The van der Waals surface area contributed by atoms with Crippen molar-refractivity contribution < 1.29 is 23.8 Å². The molecular formula is C32H39N5O5. The van der Waals surface area contributed by atoms with Crippen LogP contribution < -0.4 is 9.64 Å². The first-order valence-electron chi connectivity index (χ1n) is 14.0. The molecular weight excluding hydrogens is 534 g/mol. The fraction of sp³-hybridized carbons (Fsp3) is 0.438. The number of likely N-dealkylation sites (tertiary alicyclic amines) is 1. The number of piperidine rings is 1. The molecule has 4 rings (SSSR count). The number of carbonyl (C=O) groups is 2. The van der Waals surface area contributed by atoms with Gasteiger partial charge < -0.3 is 19.1 Å². The number of nitrogens with zero attached hydrogens (tertiary/aromatic N) is 5. The maximum atomic E-state index is 13.2. The SMILES string of the molecule is [C-]#[N+]c1c(-c2ccc(Oc3ccccc3)cc2)nn(C2CCCN(C(=O)OC(C)(C)C)C2)c1N(C)C(=O)OC(C)(C)C. The van der Waals surface area contributed by atoms with Crippen molar-refractivity contribution in [2.45, 2.75) is 71.6 Å². The maximum Gasteiger partial charge on any atom is 0.414 e. The molecule has 10 heteroatoms. The molecule has 0 spiro atoms. The number of aromatic nitrogens is 2. The van der Waals surface area contributed by atoms with Gasteiger partial charge in [0.2, 0.25) is 0 Å². The van der Waals surface area contributed by atoms with Gasteiger partial charge in [0.25, 0.3) is 5.69 Å². The van der Waals surface area contributed by atoms with Crippen molar-refractivity contribution in [3.8, 4) is 22.8 Å². The summed E-state index contributed by atoms with van der Waals surface area (Å²) in [6.07, 6.45) is 0.414. The zero-order valence-corrected chi connectivity index (χ0v) is 25.4. The van der Waals surface area contributed by atoms with Crippen LogP contribution in [0.25, 0.3) is 16.1 Å². The third-order valence-corrected chi connectivity index (χ3v) is 6.46. The predicted octanol–water partition coefficient (Wildman–Crippen LogP) is 7.84. The fourth-order valence-electron chi connectivity index (χ4n) is 4.65. The smallest absolute Gasteiger partial charge is 0.414 e. The topological polar surface area (TPSA) is 90.5 Å². The second-order valence-electron chi connectivity index (χ2n) is 12.3. The Morgan fingerprint density at radius 3 is 2.17 bits per heavy atom. The summed E-state index contributed by atoms with van der Waals surface area (Å²) in [6, 6.07) is 16.5. The van der Waals surface area contributed by atoms with Crippen LogP contribution in [0.2, 0.25) is 0 Å². The van der Waals surface area contributed by atoms with E-state index in [0.29, 0.717) is 54.5 Å². The third kappa shape index (κ3) is 7.40. The Morgan fingerprint density at radius 2 is 1.57 bits per heavy atom. The molecule has 1 atom stereocenters. The highest BCUT2D eigenvalue weighted by Crippen LogP contribution is 2.42. The first-order chi connectivity index (χ1) is 19.8. The van der Waals surface area contributed by atoms with E-state index in [9.17, 15) is 9.59 Å². The predicted molar refractivity (Wildman–Crippen MR) is 161 cm³/mol. The van der Waals surface area contributed by atoms with Gasteiger partial charge >= 0.3 is 12.2 Å². The molecule has 2 heterocycles. The van der Waals surface area contributed by atoms with Gasteiger partial charge in [-0.05, 0) is 84.2 Å². The standard InChI is InChI=1S/C32H39N5O5/c1-31(2,3)41-29(38)35(8)28-27(33-7)26(22-16-18-25(19-17-22)40-24-14-10-9-11-15-24)34-37(28)23-13-12-20-36(21-23)30(39)42-32(4,5)6/h9-11,14-19,23H,12-13,20-21H2,1-6,8H3. The van der Waals surface area contributed by atoms with E-state index in [0.717, 1.165) is 0 Å². The maximum absolute atomic E-state index is 13.2. The Labute approximate surface area is 247 Å². The van der Waals surface area contributed by atoms with Crippen molar-refractivity contribution in [1.82, 2.24) is 14.7 Å². The lowest BCUT2D eigenvalue weighted by Gasteiger charge is -2.35. The first-order valence-corrected chi connectivity index (χ1v) is 14.0. The normalized spacial score (nSPS) is 15.5. The van der Waals surface area contributed by atoms with E-state index in [1.54, 1.807) is 37.4 Å². The molecule has 0 bridgehead atoms. The van der Waals surface area contributed by atoms with Crippen LogP contribution in [-0.4, -0.2) is 58.2 Å². The van der Waals surface area contributed by atoms with E-state index in [4.69, 9.17) is 25.9 Å². The highest BCUT2D eigenvalue weighted by atomic mass is 16.6. The average molecular weight is 574 g/mol. The van der Waals surface area contributed by atoms with E-state index >= 15 is 0 Å². The number of ether oxygens (including phenoxy) is 3. The van der Waals surface area contributed by atoms with Gasteiger partial charge in [-0.25, -0.2) is 14.4 Å². The number of rotatable bonds is 5. The lowest BCUT2D eigenvalue weighted by Crippen LogP contribution is -2.44. The minimum Gasteiger partial charge on any atom is -0.457 e. The van der Waals surface area contributed by atoms with Crippen LogP contribution in [0, 0.1) is 6.57 Å². The van der Waals surface area contributed by atoms with Crippen LogP contribution in [0.3, 0.4) is 0 Å². The monoisotopic (exact) mass is 573 g/mol. The summed E-state index contributed by atoms with van der Waals surface area (Å²) in [5.74, 6) is 1.67. The minimum atomic E-state index is -0.732. The molecule has 2 aromatic carbocycles. The second-order valence-corrected chi connectivity index (χ2v) is 12.3. The molecule has 1 fully saturated rings. The van der Waals surface area contributed by atoms with E-state index in [-0.39, 0.29) is 11.7 Å². The fourth-order valence-corrected chi connectivity index (χ4v) is 4.65. The van der Waals surface area contributed by atoms with Crippen molar-refractivity contribution in [1.29, 1.82) is 0 Å². The molecule has 222 valence electrons. The summed E-state index contributed by atoms with van der Waals surface area (Å²) in [5.41, 5.74) is -0.0209. The van der Waals surface area contributed by atoms with Crippen molar-refractivity contribution in [2.75, 3.05) is 25.0 Å². The second kappa shape index (κ2) is 12.1. The number of benzene rings is 2. The van der Waals surface area contributed by atoms with Gasteiger partial charge in [-0.2, -0.15) is 5.10 Å². The molecule has 0 radical (unpaired) electrons. The highest BCUT2D eigenvalue weighted by Gasteiger charge is 2.35. The molecule has 42 heavy (non-hydrogen) atoms. The van der Waals surface area contributed by atoms with Gasteiger partial charge in [-0.1, -0.05) is 30.3 Å². The van der Waals surface area contributed by atoms with Gasteiger partial charge in [0, 0.05) is 20.1 Å². The summed E-state index contributed by atoms with van der Waals surface area (Å²) in [7, 11) is 1.57. The number of para-hydroxylation sites is 1. The van der Waals surface area contributed by atoms with Crippen LogP contribution in [-0.2, 0) is 9.47 Å². The zero-order chi connectivity index (χ0) is 30.7. The van der Waals surface area contributed by atoms with E-state index < -0.39 is 23.4 Å². The molecule has 1 aliphatic rings. The number of amides is 2. The quantitative estimate of drug-likeness (QED) is 0.289. The lowest BCUT2D eigenvalue weighted by molar-refractivity contribution is 0.0167. The van der Waals surface area contributed by atoms with E-state index in [1.807, 2.05) is 75.4 Å². The van der Waals surface area contributed by atoms with Gasteiger partial charge in [0.15, 0.2) is 0 Å². The zero-order valence-electron chi connectivity index (χ0n) is 25.4. The Morgan fingerprint density at radius 1 is 0.952 bits per heavy atom. The van der Waals surface area contributed by atoms with Crippen molar-refractivity contribution in [3.05, 3.63) is 66.0 Å². The molecule has 1 unspecified atom stereocenters. The Balaban J connectivity index is 1.72. The molecule has 2 amide bonds. The number of hydrogen-bond acceptors (Lipinski definition) is 6. The van der Waals surface area contributed by atoms with E-state index in [2.05, 4.69) is 4.85 Å². The molecule has 0 aliphatic carbocycles. The summed E-state index contributed by atoms with van der Waals surface area (Å²) in [6.45, 7) is 19.8. The van der Waals surface area contributed by atoms with Crippen LogP contribution in [0.1, 0.15) is 60.4 Å². The summed E-state index contributed by atoms with van der Waals surface area (Å²) >= 11 is 0. The van der Waals surface area contributed by atoms with Crippen LogP contribution in [0.15, 0.2) is 54.6 Å². The molecule has 10 nitrogen and oxygen atoms in total. The van der Waals surface area contributed by atoms with Crippen LogP contribution in [0.5, 0.6) is 11.5 Å². The van der Waals surface area contributed by atoms with Crippen molar-refractivity contribution in [2.24, 2.45) is 0 Å². The van der Waals surface area contributed by atoms with Gasteiger partial charge in [-0.3, -0.25) is 9.58 Å². The largest absolute Gasteiger partial charge is 0.457 e. The number of hydrogen-bond donors (Lipinski definition) is 0. The van der Waals surface area contributed by atoms with Crippen molar-refractivity contribution >= 4 is 23.7 Å². The molecule has 1 aromatic heterocycles. The number of carbonyl (C=O) groups excluding carboxylic acids is 2. The van der Waals surface area contributed by atoms with E-state index in [1.165, 1.54) is 4.90 Å². The summed E-state index contributed by atoms with van der Waals surface area (Å²) < 4.78 is 18.9. The number of anilines is 1. The third-order valence-electron chi connectivity index (χ3n) is 6.46. The molecule has 1 saturated heterocycles. The Kier molecular flexibility index (Phi) is 8.81. The van der Waals surface area contributed by atoms with Gasteiger partial charge in [0.05, 0.1) is 12.6 Å². The van der Waals surface area contributed by atoms with Gasteiger partial charge in [0.1, 0.15) is 34.2 Å². The Bertz CT molecular complexity index is 1450. The summed E-state index contributed by atoms with van der Waals surface area (Å²) in [5, 5.41) is 4.89. The van der Waals surface area contributed by atoms with Gasteiger partial charge in [-0.15, -0.1) is 0 Å². The molecule has 0 N–H and O–H groups in total. The molecule has 0 saturated carbocycles. The first kappa shape index (κ1) is 30.4. The Hall–Kier alpha value is -4.52. The molecule has 3 aromatic rings. The van der Waals surface area contributed by atoms with Crippen molar-refractivity contribution in [3.63, 3.8) is 0 Å². The summed E-state index contributed by atoms with van der Waals surface area (Å²) in [4.78, 5) is 33.0. The van der Waals surface area contributed by atoms with Crippen LogP contribution in [0.4, 0.5) is 21.1 Å². The molecule has 1 aliphatic heterocycles. The van der Waals surface area contributed by atoms with Crippen LogP contribution >= 0.6 is 0 Å². The lowest BCUT2D eigenvalue weighted by atomic mass is 10.1. The minimum absolute atomic E-state index is 0.217. The highest BCUT2D eigenvalue weighted by molar-refractivity contribution is 5.95. The average Bonchev–Trinajstić information content (AvgIpc) is 3.31.